The average Bonchev–Trinajstić information content (AvgIpc) is 3.04. The summed E-state index contributed by atoms with van der Waals surface area (Å²) in [5.41, 5.74) is 1.53. The number of nitrogens with zero attached hydrogens (tertiary/aromatic N) is 3. The Labute approximate surface area is 143 Å². The van der Waals surface area contributed by atoms with Gasteiger partial charge in [-0.2, -0.15) is 5.10 Å². The second-order valence-corrected chi connectivity index (χ2v) is 5.42. The molecule has 0 fully saturated rings. The van der Waals surface area contributed by atoms with Gasteiger partial charge in [0, 0.05) is 41.6 Å². The summed E-state index contributed by atoms with van der Waals surface area (Å²) in [6, 6.07) is 10.3. The summed E-state index contributed by atoms with van der Waals surface area (Å²) in [5, 5.41) is 13.1. The van der Waals surface area contributed by atoms with Gasteiger partial charge in [0.05, 0.1) is 0 Å². The van der Waals surface area contributed by atoms with E-state index in [2.05, 4.69) is 30.8 Å². The monoisotopic (exact) mass is 342 g/mol. The minimum Gasteiger partial charge on any atom is -0.337 e. The van der Waals surface area contributed by atoms with Gasteiger partial charge in [-0.3, -0.25) is 10.1 Å². The van der Waals surface area contributed by atoms with Crippen LogP contribution >= 0.6 is 11.6 Å². The minimum absolute atomic E-state index is 0.300. The molecular weight excluding hydrogens is 328 g/mol. The zero-order valence-corrected chi connectivity index (χ0v) is 13.4. The molecule has 0 radical (unpaired) electrons. The number of urea groups is 1. The molecule has 0 aliphatic heterocycles. The number of benzene rings is 1. The minimum atomic E-state index is -0.300. The smallest absolute Gasteiger partial charge is 0.319 e. The molecule has 24 heavy (non-hydrogen) atoms. The molecule has 0 bridgehead atoms. The molecule has 3 rings (SSSR count). The first kappa shape index (κ1) is 15.9. The van der Waals surface area contributed by atoms with Crippen molar-refractivity contribution in [3.8, 4) is 11.4 Å². The molecule has 0 atom stereocenters. The second kappa shape index (κ2) is 7.56. The van der Waals surface area contributed by atoms with Crippen LogP contribution in [0, 0.1) is 0 Å². The molecule has 122 valence electrons. The Balaban J connectivity index is 1.48. The van der Waals surface area contributed by atoms with Crippen molar-refractivity contribution in [1.82, 2.24) is 25.5 Å². The quantitative estimate of drug-likeness (QED) is 0.664. The molecule has 2 aromatic heterocycles. The van der Waals surface area contributed by atoms with Crippen LogP contribution in [0.25, 0.3) is 11.4 Å². The lowest BCUT2D eigenvalue weighted by Crippen LogP contribution is -2.30. The fraction of sp³-hybridized carbons (Fsp3) is 0.125. The number of carbonyl (C=O) groups is 1. The van der Waals surface area contributed by atoms with Gasteiger partial charge in [0.25, 0.3) is 0 Å². The molecule has 1 aromatic carbocycles. The molecule has 7 nitrogen and oxygen atoms in total. The van der Waals surface area contributed by atoms with E-state index in [-0.39, 0.29) is 6.03 Å². The number of aromatic amines is 1. The molecule has 0 aliphatic rings. The first-order chi connectivity index (χ1) is 11.7. The van der Waals surface area contributed by atoms with Crippen LogP contribution in [0.3, 0.4) is 0 Å². The predicted octanol–water partition coefficient (Wildman–Crippen LogP) is 2.88. The zero-order chi connectivity index (χ0) is 16.8. The molecule has 2 heterocycles. The first-order valence-electron chi connectivity index (χ1n) is 7.33. The second-order valence-electron chi connectivity index (χ2n) is 4.98. The molecule has 3 aromatic rings. The van der Waals surface area contributed by atoms with Crippen LogP contribution < -0.4 is 10.6 Å². The molecule has 3 N–H and O–H groups in total. The van der Waals surface area contributed by atoms with Crippen molar-refractivity contribution in [3.63, 3.8) is 0 Å². The molecule has 8 heteroatoms. The van der Waals surface area contributed by atoms with E-state index in [9.17, 15) is 4.79 Å². The van der Waals surface area contributed by atoms with Gasteiger partial charge < -0.3 is 10.6 Å². The summed E-state index contributed by atoms with van der Waals surface area (Å²) in [6.45, 7) is 0.428. The molecule has 0 saturated carbocycles. The highest BCUT2D eigenvalue weighted by molar-refractivity contribution is 6.30. The molecule has 0 saturated heterocycles. The Hall–Kier alpha value is -2.93. The lowest BCUT2D eigenvalue weighted by molar-refractivity contribution is 0.252. The van der Waals surface area contributed by atoms with E-state index in [4.69, 9.17) is 11.6 Å². The Kier molecular flexibility index (Phi) is 5.02. The highest BCUT2D eigenvalue weighted by Crippen LogP contribution is 2.14. The maximum Gasteiger partial charge on any atom is 0.319 e. The normalized spacial score (nSPS) is 10.4. The fourth-order valence-electron chi connectivity index (χ4n) is 2.07. The highest BCUT2D eigenvalue weighted by Gasteiger charge is 2.06. The molecule has 0 unspecified atom stereocenters. The molecule has 0 aliphatic carbocycles. The largest absolute Gasteiger partial charge is 0.337 e. The van der Waals surface area contributed by atoms with Crippen molar-refractivity contribution < 1.29 is 4.79 Å². The van der Waals surface area contributed by atoms with Crippen LogP contribution in [-0.4, -0.2) is 32.7 Å². The SMILES string of the molecule is O=C(NCCc1nc(-c2ccncc2)n[nH]1)Nc1cccc(Cl)c1. The van der Waals surface area contributed by atoms with Crippen LogP contribution in [0.5, 0.6) is 0 Å². The van der Waals surface area contributed by atoms with Crippen LogP contribution in [0.4, 0.5) is 10.5 Å². The van der Waals surface area contributed by atoms with Crippen LogP contribution in [0.15, 0.2) is 48.8 Å². The van der Waals surface area contributed by atoms with E-state index in [1.807, 2.05) is 12.1 Å². The summed E-state index contributed by atoms with van der Waals surface area (Å²) < 4.78 is 0. The van der Waals surface area contributed by atoms with Crippen LogP contribution in [0.2, 0.25) is 5.02 Å². The summed E-state index contributed by atoms with van der Waals surface area (Å²) in [4.78, 5) is 20.2. The van der Waals surface area contributed by atoms with E-state index in [0.29, 0.717) is 35.3 Å². The van der Waals surface area contributed by atoms with Gasteiger partial charge in [0.15, 0.2) is 5.82 Å². The highest BCUT2D eigenvalue weighted by atomic mass is 35.5. The molecular formula is C16H15ClN6O. The number of pyridine rings is 1. The summed E-state index contributed by atoms with van der Waals surface area (Å²) in [7, 11) is 0. The van der Waals surface area contributed by atoms with E-state index in [1.54, 1.807) is 36.7 Å². The lowest BCUT2D eigenvalue weighted by atomic mass is 10.2. The Morgan fingerprint density at radius 2 is 2.04 bits per heavy atom. The van der Waals surface area contributed by atoms with Crippen molar-refractivity contribution in [2.45, 2.75) is 6.42 Å². The average molecular weight is 343 g/mol. The number of halogens is 1. The van der Waals surface area contributed by atoms with Gasteiger partial charge in [0.2, 0.25) is 0 Å². The number of H-pyrrole nitrogens is 1. The van der Waals surface area contributed by atoms with E-state index in [1.165, 1.54) is 0 Å². The number of hydrogen-bond donors (Lipinski definition) is 3. The molecule has 2 amide bonds. The third-order valence-electron chi connectivity index (χ3n) is 3.20. The van der Waals surface area contributed by atoms with Crippen molar-refractivity contribution in [3.05, 3.63) is 59.6 Å². The topological polar surface area (TPSA) is 95.6 Å². The standard InChI is InChI=1S/C16H15ClN6O/c17-12-2-1-3-13(10-12)20-16(24)19-9-6-14-21-15(23-22-14)11-4-7-18-8-5-11/h1-5,7-8,10H,6,9H2,(H2,19,20,24)(H,21,22,23). The van der Waals surface area contributed by atoms with Crippen molar-refractivity contribution in [2.24, 2.45) is 0 Å². The van der Waals surface area contributed by atoms with Crippen LogP contribution in [0.1, 0.15) is 5.82 Å². The van der Waals surface area contributed by atoms with Gasteiger partial charge in [-0.25, -0.2) is 9.78 Å². The van der Waals surface area contributed by atoms with Crippen molar-refractivity contribution in [1.29, 1.82) is 0 Å². The van der Waals surface area contributed by atoms with E-state index >= 15 is 0 Å². The fourth-order valence-corrected chi connectivity index (χ4v) is 2.26. The predicted molar refractivity (Wildman–Crippen MR) is 91.8 cm³/mol. The number of nitrogens with one attached hydrogen (secondary N) is 3. The summed E-state index contributed by atoms with van der Waals surface area (Å²) in [5.74, 6) is 1.31. The van der Waals surface area contributed by atoms with Gasteiger partial charge in [-0.05, 0) is 30.3 Å². The lowest BCUT2D eigenvalue weighted by Gasteiger charge is -2.06. The summed E-state index contributed by atoms with van der Waals surface area (Å²) in [6.07, 6.45) is 3.92. The number of hydrogen-bond acceptors (Lipinski definition) is 4. The Morgan fingerprint density at radius 1 is 1.21 bits per heavy atom. The maximum absolute atomic E-state index is 11.8. The van der Waals surface area contributed by atoms with Crippen molar-refractivity contribution >= 4 is 23.3 Å². The summed E-state index contributed by atoms with van der Waals surface area (Å²) >= 11 is 5.87. The van der Waals surface area contributed by atoms with Gasteiger partial charge in [-0.15, -0.1) is 0 Å². The number of anilines is 1. The number of carbonyl (C=O) groups excluding carboxylic acids is 1. The van der Waals surface area contributed by atoms with Crippen molar-refractivity contribution in [2.75, 3.05) is 11.9 Å². The number of rotatable bonds is 5. The third kappa shape index (κ3) is 4.30. The van der Waals surface area contributed by atoms with Gasteiger partial charge >= 0.3 is 6.03 Å². The van der Waals surface area contributed by atoms with Crippen LogP contribution in [-0.2, 0) is 6.42 Å². The zero-order valence-electron chi connectivity index (χ0n) is 12.7. The first-order valence-corrected chi connectivity index (χ1v) is 7.70. The van der Waals surface area contributed by atoms with Gasteiger partial charge in [-0.1, -0.05) is 17.7 Å². The maximum atomic E-state index is 11.8. The number of amides is 2. The Bertz CT molecular complexity index is 820. The van der Waals surface area contributed by atoms with Gasteiger partial charge in [0.1, 0.15) is 5.82 Å². The molecule has 0 spiro atoms. The van der Waals surface area contributed by atoms with E-state index < -0.39 is 0 Å². The third-order valence-corrected chi connectivity index (χ3v) is 3.44. The number of aromatic nitrogens is 4. The van der Waals surface area contributed by atoms with E-state index in [0.717, 1.165) is 5.56 Å². The Morgan fingerprint density at radius 3 is 2.83 bits per heavy atom.